The normalized spacial score (nSPS) is 11.7. The summed E-state index contributed by atoms with van der Waals surface area (Å²) in [6.07, 6.45) is 0. The van der Waals surface area contributed by atoms with E-state index < -0.39 is 0 Å². The number of phenols is 2. The molecular weight excluding hydrogens is 248 g/mol. The van der Waals surface area contributed by atoms with Gasteiger partial charge in [-0.2, -0.15) is 5.10 Å². The van der Waals surface area contributed by atoms with Crippen molar-refractivity contribution in [1.82, 2.24) is 5.43 Å². The zero-order valence-electron chi connectivity index (χ0n) is 11.0. The largest absolute Gasteiger partial charge is 0.508 e. The number of nitrogens with one attached hydrogen (secondary N) is 1. The van der Waals surface area contributed by atoms with E-state index in [0.29, 0.717) is 16.3 Å². The second-order valence-corrected chi connectivity index (χ2v) is 5.06. The molecule has 0 atom stereocenters. The van der Waals surface area contributed by atoms with Crippen molar-refractivity contribution in [1.29, 1.82) is 0 Å². The van der Waals surface area contributed by atoms with Crippen LogP contribution in [-0.2, 0) is 0 Å². The monoisotopic (exact) mass is 266 g/mol. The molecule has 0 amide bonds. The van der Waals surface area contributed by atoms with Gasteiger partial charge in [0.15, 0.2) is 0 Å². The molecule has 18 heavy (non-hydrogen) atoms. The van der Waals surface area contributed by atoms with E-state index >= 15 is 0 Å². The van der Waals surface area contributed by atoms with Gasteiger partial charge in [0.05, 0.1) is 10.7 Å². The number of aromatic hydroxyl groups is 2. The number of hydrogen-bond acceptors (Lipinski definition) is 4. The molecule has 0 fully saturated rings. The number of hydrogen-bond donors (Lipinski definition) is 3. The third kappa shape index (κ3) is 3.43. The molecule has 1 aromatic carbocycles. The summed E-state index contributed by atoms with van der Waals surface area (Å²) in [5.74, 6) is 0.261. The van der Waals surface area contributed by atoms with Crippen molar-refractivity contribution in [3.8, 4) is 11.5 Å². The topological polar surface area (TPSA) is 64.9 Å². The molecule has 0 bridgehead atoms. The van der Waals surface area contributed by atoms with Gasteiger partial charge in [0.25, 0.3) is 0 Å². The molecule has 0 aliphatic rings. The molecular formula is C13H18N2O2S. The van der Waals surface area contributed by atoms with Crippen molar-refractivity contribution in [2.24, 2.45) is 5.10 Å². The summed E-state index contributed by atoms with van der Waals surface area (Å²) in [5.41, 5.74) is 4.65. The van der Waals surface area contributed by atoms with Crippen LogP contribution in [0.5, 0.6) is 11.5 Å². The minimum absolute atomic E-state index is 0.00183. The fraction of sp³-hybridized carbons (Fsp3) is 0.385. The number of hydrazone groups is 1. The zero-order chi connectivity index (χ0) is 13.9. The zero-order valence-corrected chi connectivity index (χ0v) is 11.8. The van der Waals surface area contributed by atoms with Crippen LogP contribution in [0.3, 0.4) is 0 Å². The fourth-order valence-corrected chi connectivity index (χ4v) is 1.61. The quantitative estimate of drug-likeness (QED) is 0.447. The molecule has 0 radical (unpaired) electrons. The fourth-order valence-electron chi connectivity index (χ4n) is 1.57. The van der Waals surface area contributed by atoms with Gasteiger partial charge in [-0.05, 0) is 31.4 Å². The molecule has 3 N–H and O–H groups in total. The lowest BCUT2D eigenvalue weighted by atomic mass is 9.97. The molecule has 0 spiro atoms. The predicted molar refractivity (Wildman–Crippen MR) is 77.5 cm³/mol. The molecule has 1 aromatic rings. The van der Waals surface area contributed by atoms with Gasteiger partial charge in [-0.3, -0.25) is 5.43 Å². The summed E-state index contributed by atoms with van der Waals surface area (Å²) >= 11 is 4.86. The molecule has 0 aliphatic carbocycles. The third-order valence-corrected chi connectivity index (χ3v) is 2.63. The van der Waals surface area contributed by atoms with E-state index in [2.05, 4.69) is 10.5 Å². The maximum atomic E-state index is 9.83. The highest BCUT2D eigenvalue weighted by Crippen LogP contribution is 2.32. The summed E-state index contributed by atoms with van der Waals surface area (Å²) in [6.45, 7) is 7.44. The van der Waals surface area contributed by atoms with E-state index in [1.165, 1.54) is 6.07 Å². The van der Waals surface area contributed by atoms with Crippen molar-refractivity contribution in [2.75, 3.05) is 0 Å². The van der Waals surface area contributed by atoms with E-state index in [-0.39, 0.29) is 17.4 Å². The lowest BCUT2D eigenvalue weighted by Crippen LogP contribution is -2.13. The molecule has 5 heteroatoms. The first kappa shape index (κ1) is 14.4. The van der Waals surface area contributed by atoms with E-state index in [0.717, 1.165) is 5.56 Å². The van der Waals surface area contributed by atoms with Crippen LogP contribution in [0.15, 0.2) is 17.2 Å². The standard InChI is InChI=1S/C13H18N2O2S/c1-7(2)10-5-11(13(17)6-12(10)16)8(3)14-15-9(4)18/h5-7,16-17H,1-4H3,(H,15,18)/b14-8+. The van der Waals surface area contributed by atoms with Gasteiger partial charge in [-0.25, -0.2) is 0 Å². The summed E-state index contributed by atoms with van der Waals surface area (Å²) in [5, 5.41) is 23.7. The van der Waals surface area contributed by atoms with E-state index in [9.17, 15) is 10.2 Å². The van der Waals surface area contributed by atoms with Crippen LogP contribution < -0.4 is 5.43 Å². The van der Waals surface area contributed by atoms with Gasteiger partial charge >= 0.3 is 0 Å². The second kappa shape index (κ2) is 5.82. The van der Waals surface area contributed by atoms with E-state index in [1.54, 1.807) is 19.9 Å². The Morgan fingerprint density at radius 2 is 1.83 bits per heavy atom. The van der Waals surface area contributed by atoms with Gasteiger partial charge in [-0.15, -0.1) is 0 Å². The molecule has 0 unspecified atom stereocenters. The Hall–Kier alpha value is -1.62. The predicted octanol–water partition coefficient (Wildman–Crippen LogP) is 2.88. The Morgan fingerprint density at radius 3 is 2.33 bits per heavy atom. The van der Waals surface area contributed by atoms with Crippen molar-refractivity contribution in [3.05, 3.63) is 23.3 Å². The Balaban J connectivity index is 3.20. The number of nitrogens with zero attached hydrogens (tertiary/aromatic N) is 1. The van der Waals surface area contributed by atoms with Crippen LogP contribution in [0.1, 0.15) is 44.7 Å². The van der Waals surface area contributed by atoms with Crippen LogP contribution in [0, 0.1) is 0 Å². The van der Waals surface area contributed by atoms with Crippen LogP contribution in [0.25, 0.3) is 0 Å². The first-order valence-electron chi connectivity index (χ1n) is 5.70. The third-order valence-electron chi connectivity index (χ3n) is 2.54. The highest BCUT2D eigenvalue weighted by molar-refractivity contribution is 7.80. The summed E-state index contributed by atoms with van der Waals surface area (Å²) in [4.78, 5) is 0.553. The van der Waals surface area contributed by atoms with E-state index in [1.807, 2.05) is 13.8 Å². The minimum Gasteiger partial charge on any atom is -0.508 e. The van der Waals surface area contributed by atoms with Gasteiger partial charge in [0.1, 0.15) is 11.5 Å². The van der Waals surface area contributed by atoms with Crippen molar-refractivity contribution < 1.29 is 10.2 Å². The Bertz CT molecular complexity index is 496. The Morgan fingerprint density at radius 1 is 1.22 bits per heavy atom. The van der Waals surface area contributed by atoms with Crippen molar-refractivity contribution in [3.63, 3.8) is 0 Å². The smallest absolute Gasteiger partial charge is 0.128 e. The van der Waals surface area contributed by atoms with Crippen LogP contribution in [0.2, 0.25) is 0 Å². The van der Waals surface area contributed by atoms with Crippen molar-refractivity contribution in [2.45, 2.75) is 33.6 Å². The minimum atomic E-state index is 0.00183. The van der Waals surface area contributed by atoms with Crippen molar-refractivity contribution >= 4 is 22.9 Å². The van der Waals surface area contributed by atoms with Crippen LogP contribution in [-0.4, -0.2) is 20.9 Å². The summed E-state index contributed by atoms with van der Waals surface area (Å²) < 4.78 is 0. The maximum absolute atomic E-state index is 9.83. The van der Waals surface area contributed by atoms with Crippen LogP contribution >= 0.6 is 12.2 Å². The van der Waals surface area contributed by atoms with Crippen LogP contribution in [0.4, 0.5) is 0 Å². The average molecular weight is 266 g/mol. The highest BCUT2D eigenvalue weighted by atomic mass is 32.1. The first-order valence-corrected chi connectivity index (χ1v) is 6.10. The molecule has 98 valence electrons. The van der Waals surface area contributed by atoms with Gasteiger partial charge in [0.2, 0.25) is 0 Å². The summed E-state index contributed by atoms with van der Waals surface area (Å²) in [6, 6.07) is 3.09. The number of benzene rings is 1. The lowest BCUT2D eigenvalue weighted by Gasteiger charge is -2.12. The number of phenolic OH excluding ortho intramolecular Hbond substituents is 2. The Kier molecular flexibility index (Phi) is 4.67. The lowest BCUT2D eigenvalue weighted by molar-refractivity contribution is 0.443. The first-order chi connectivity index (χ1) is 8.32. The SMILES string of the molecule is CC(=S)N/N=C(\C)c1cc(C(C)C)c(O)cc1O. The summed E-state index contributed by atoms with van der Waals surface area (Å²) in [7, 11) is 0. The van der Waals surface area contributed by atoms with Gasteiger partial charge in [0, 0.05) is 11.6 Å². The average Bonchev–Trinajstić information content (AvgIpc) is 2.25. The number of thiocarbonyl (C=S) groups is 1. The highest BCUT2D eigenvalue weighted by Gasteiger charge is 2.13. The molecule has 4 nitrogen and oxygen atoms in total. The van der Waals surface area contributed by atoms with E-state index in [4.69, 9.17) is 12.2 Å². The second-order valence-electron chi connectivity index (χ2n) is 4.45. The maximum Gasteiger partial charge on any atom is 0.128 e. The molecule has 1 rings (SSSR count). The Labute approximate surface area is 112 Å². The molecule has 0 aromatic heterocycles. The van der Waals surface area contributed by atoms with Gasteiger partial charge < -0.3 is 10.2 Å². The molecule has 0 heterocycles. The van der Waals surface area contributed by atoms with Gasteiger partial charge in [-0.1, -0.05) is 26.1 Å². The number of rotatable bonds is 3. The molecule has 0 aliphatic heterocycles. The molecule has 0 saturated carbocycles. The molecule has 0 saturated heterocycles.